The number of carbonyl (C=O) groups excluding carboxylic acids is 1. The lowest BCUT2D eigenvalue weighted by molar-refractivity contribution is -0.155. The number of hydrogen-bond donors (Lipinski definition) is 4. The maximum atomic E-state index is 11.6. The van der Waals surface area contributed by atoms with Crippen LogP contribution < -0.4 is 10.6 Å². The molecule has 0 bridgehead atoms. The van der Waals surface area contributed by atoms with Crippen LogP contribution in [0.1, 0.15) is 25.8 Å². The number of urea groups is 1. The van der Waals surface area contributed by atoms with Gasteiger partial charge in [-0.05, 0) is 32.3 Å². The fourth-order valence-corrected chi connectivity index (χ4v) is 1.70. The number of aliphatic carboxylic acids is 1. The van der Waals surface area contributed by atoms with E-state index in [0.29, 0.717) is 0 Å². The minimum absolute atomic E-state index is 0.0556. The molecule has 0 aliphatic rings. The predicted octanol–water partition coefficient (Wildman–Crippen LogP) is 1.14. The zero-order valence-electron chi connectivity index (χ0n) is 12.3. The van der Waals surface area contributed by atoms with Crippen LogP contribution in [0.2, 0.25) is 0 Å². The maximum Gasteiger partial charge on any atom is 0.337 e. The van der Waals surface area contributed by atoms with Crippen molar-refractivity contribution in [1.82, 2.24) is 10.6 Å². The van der Waals surface area contributed by atoms with Crippen molar-refractivity contribution < 1.29 is 19.8 Å². The zero-order valence-corrected chi connectivity index (χ0v) is 12.3. The molecule has 21 heavy (non-hydrogen) atoms. The summed E-state index contributed by atoms with van der Waals surface area (Å²) < 4.78 is 0. The van der Waals surface area contributed by atoms with E-state index in [-0.39, 0.29) is 12.6 Å². The lowest BCUT2D eigenvalue weighted by atomic mass is 10.1. The summed E-state index contributed by atoms with van der Waals surface area (Å²) in [5, 5.41) is 23.3. The molecule has 0 radical (unpaired) electrons. The molecule has 0 aromatic heterocycles. The second-order valence-electron chi connectivity index (χ2n) is 5.33. The van der Waals surface area contributed by atoms with E-state index in [1.807, 2.05) is 37.3 Å². The van der Waals surface area contributed by atoms with Crippen molar-refractivity contribution in [2.75, 3.05) is 6.54 Å². The highest BCUT2D eigenvalue weighted by atomic mass is 16.4. The van der Waals surface area contributed by atoms with E-state index < -0.39 is 17.6 Å². The van der Waals surface area contributed by atoms with Crippen molar-refractivity contribution in [2.45, 2.75) is 38.3 Å². The van der Waals surface area contributed by atoms with E-state index >= 15 is 0 Å². The van der Waals surface area contributed by atoms with Gasteiger partial charge in [-0.2, -0.15) is 0 Å². The fraction of sp³-hybridized carbons (Fsp3) is 0.467. The molecule has 0 aliphatic heterocycles. The number of carbonyl (C=O) groups is 2. The number of aryl methyl sites for hydroxylation is 1. The van der Waals surface area contributed by atoms with Gasteiger partial charge in [0.1, 0.15) is 0 Å². The smallest absolute Gasteiger partial charge is 0.337 e. The molecule has 2 atom stereocenters. The largest absolute Gasteiger partial charge is 0.479 e. The Bertz CT molecular complexity index is 474. The van der Waals surface area contributed by atoms with E-state index in [2.05, 4.69) is 10.6 Å². The van der Waals surface area contributed by atoms with Crippen LogP contribution >= 0.6 is 0 Å². The maximum absolute atomic E-state index is 11.6. The van der Waals surface area contributed by atoms with Crippen molar-refractivity contribution in [1.29, 1.82) is 0 Å². The highest BCUT2D eigenvalue weighted by Gasteiger charge is 2.30. The molecule has 1 aromatic carbocycles. The topological polar surface area (TPSA) is 98.7 Å². The molecule has 0 heterocycles. The van der Waals surface area contributed by atoms with Gasteiger partial charge in [0.15, 0.2) is 5.60 Å². The number of rotatable bonds is 7. The molecule has 0 fully saturated rings. The number of carboxylic acids is 1. The third-order valence-electron chi connectivity index (χ3n) is 3.14. The Morgan fingerprint density at radius 3 is 2.48 bits per heavy atom. The number of nitrogens with one attached hydrogen (secondary N) is 2. The Kier molecular flexibility index (Phi) is 6.17. The van der Waals surface area contributed by atoms with E-state index in [9.17, 15) is 14.7 Å². The van der Waals surface area contributed by atoms with Gasteiger partial charge in [-0.3, -0.25) is 0 Å². The zero-order chi connectivity index (χ0) is 15.9. The van der Waals surface area contributed by atoms with Crippen LogP contribution in [0, 0.1) is 0 Å². The summed E-state index contributed by atoms with van der Waals surface area (Å²) in [4.78, 5) is 22.3. The molecule has 2 unspecified atom stereocenters. The molecule has 0 aliphatic carbocycles. The van der Waals surface area contributed by atoms with Crippen molar-refractivity contribution in [3.8, 4) is 0 Å². The molecule has 0 spiro atoms. The molecular formula is C15H22N2O4. The number of carboxylic acid groups (broad SMARTS) is 1. The molecule has 0 saturated carbocycles. The first kappa shape index (κ1) is 17.0. The first-order chi connectivity index (χ1) is 9.81. The van der Waals surface area contributed by atoms with E-state index in [0.717, 1.165) is 19.8 Å². The van der Waals surface area contributed by atoms with Crippen LogP contribution in [0.15, 0.2) is 30.3 Å². The molecule has 1 rings (SSSR count). The van der Waals surface area contributed by atoms with Crippen LogP contribution in [0.4, 0.5) is 4.79 Å². The number of amides is 2. The molecule has 116 valence electrons. The Balaban J connectivity index is 2.29. The van der Waals surface area contributed by atoms with Gasteiger partial charge in [0.05, 0.1) is 6.54 Å². The summed E-state index contributed by atoms with van der Waals surface area (Å²) in [7, 11) is 0. The molecule has 4 N–H and O–H groups in total. The third kappa shape index (κ3) is 6.27. The molecular weight excluding hydrogens is 272 g/mol. The van der Waals surface area contributed by atoms with Crippen molar-refractivity contribution >= 4 is 12.0 Å². The number of aliphatic hydroxyl groups is 1. The molecule has 2 amide bonds. The summed E-state index contributed by atoms with van der Waals surface area (Å²) in [5.41, 5.74) is -0.773. The van der Waals surface area contributed by atoms with Crippen molar-refractivity contribution in [3.05, 3.63) is 35.9 Å². The summed E-state index contributed by atoms with van der Waals surface area (Å²) in [6.07, 6.45) is 1.61. The normalized spacial score (nSPS) is 14.8. The van der Waals surface area contributed by atoms with E-state index in [4.69, 9.17) is 5.11 Å². The van der Waals surface area contributed by atoms with Gasteiger partial charge in [-0.1, -0.05) is 30.3 Å². The van der Waals surface area contributed by atoms with Crippen LogP contribution in [-0.2, 0) is 11.2 Å². The lowest BCUT2D eigenvalue weighted by Gasteiger charge is -2.20. The first-order valence-electron chi connectivity index (χ1n) is 6.85. The van der Waals surface area contributed by atoms with Gasteiger partial charge in [0.2, 0.25) is 0 Å². The van der Waals surface area contributed by atoms with Crippen molar-refractivity contribution in [3.63, 3.8) is 0 Å². The Morgan fingerprint density at radius 1 is 1.29 bits per heavy atom. The minimum atomic E-state index is -1.97. The molecule has 0 saturated heterocycles. The highest BCUT2D eigenvalue weighted by molar-refractivity contribution is 5.79. The van der Waals surface area contributed by atoms with Crippen LogP contribution in [0.5, 0.6) is 0 Å². The summed E-state index contributed by atoms with van der Waals surface area (Å²) in [5.74, 6) is -1.38. The van der Waals surface area contributed by atoms with E-state index in [1.165, 1.54) is 5.56 Å². The van der Waals surface area contributed by atoms with Crippen LogP contribution in [-0.4, -0.2) is 40.4 Å². The highest BCUT2D eigenvalue weighted by Crippen LogP contribution is 2.05. The Labute approximate surface area is 124 Å². The quantitative estimate of drug-likeness (QED) is 0.606. The van der Waals surface area contributed by atoms with Gasteiger partial charge in [-0.25, -0.2) is 9.59 Å². The van der Waals surface area contributed by atoms with Crippen molar-refractivity contribution in [2.24, 2.45) is 0 Å². The Hall–Kier alpha value is -2.08. The lowest BCUT2D eigenvalue weighted by Crippen LogP contribution is -2.50. The monoisotopic (exact) mass is 294 g/mol. The second kappa shape index (κ2) is 7.64. The SMILES string of the molecule is CC(CCc1ccccc1)NC(=O)NCC(C)(O)C(=O)O. The number of hydrogen-bond acceptors (Lipinski definition) is 3. The van der Waals surface area contributed by atoms with Crippen LogP contribution in [0.25, 0.3) is 0 Å². The number of benzene rings is 1. The van der Waals surface area contributed by atoms with Crippen LogP contribution in [0.3, 0.4) is 0 Å². The average molecular weight is 294 g/mol. The third-order valence-corrected chi connectivity index (χ3v) is 3.14. The molecule has 1 aromatic rings. The van der Waals surface area contributed by atoms with Gasteiger partial charge < -0.3 is 20.8 Å². The standard InChI is InChI=1S/C15H22N2O4/c1-11(8-9-12-6-4-3-5-7-12)17-14(20)16-10-15(2,21)13(18)19/h3-7,11,21H,8-10H2,1-2H3,(H,18,19)(H2,16,17,20). The van der Waals surface area contributed by atoms with Gasteiger partial charge in [0, 0.05) is 6.04 Å². The van der Waals surface area contributed by atoms with Gasteiger partial charge in [0.25, 0.3) is 0 Å². The molecule has 6 heteroatoms. The fourth-order valence-electron chi connectivity index (χ4n) is 1.70. The minimum Gasteiger partial charge on any atom is -0.479 e. The first-order valence-corrected chi connectivity index (χ1v) is 6.85. The van der Waals surface area contributed by atoms with Gasteiger partial charge >= 0.3 is 12.0 Å². The second-order valence-corrected chi connectivity index (χ2v) is 5.33. The average Bonchev–Trinajstić information content (AvgIpc) is 2.44. The predicted molar refractivity (Wildman–Crippen MR) is 79.0 cm³/mol. The summed E-state index contributed by atoms with van der Waals surface area (Å²) in [6, 6.07) is 9.39. The van der Waals surface area contributed by atoms with E-state index in [1.54, 1.807) is 0 Å². The summed E-state index contributed by atoms with van der Waals surface area (Å²) >= 11 is 0. The summed E-state index contributed by atoms with van der Waals surface area (Å²) in [6.45, 7) is 2.66. The van der Waals surface area contributed by atoms with Gasteiger partial charge in [-0.15, -0.1) is 0 Å². The Morgan fingerprint density at radius 2 is 1.90 bits per heavy atom. The molecule has 6 nitrogen and oxygen atoms in total.